The van der Waals surface area contributed by atoms with Crippen molar-refractivity contribution in [3.05, 3.63) is 10.4 Å². The Kier molecular flexibility index (Phi) is 6.35. The molecule has 1 amide bonds. The Morgan fingerprint density at radius 1 is 1.29 bits per heavy atom. The molecule has 0 bridgehead atoms. The van der Waals surface area contributed by atoms with Crippen LogP contribution in [0.5, 0.6) is 0 Å². The van der Waals surface area contributed by atoms with Gasteiger partial charge >= 0.3 is 6.09 Å². The number of amides is 1. The number of ether oxygens (including phenoxy) is 1. The molecule has 0 spiro atoms. The van der Waals surface area contributed by atoms with Crippen molar-refractivity contribution in [3.63, 3.8) is 0 Å². The summed E-state index contributed by atoms with van der Waals surface area (Å²) in [4.78, 5) is 16.9. The van der Waals surface area contributed by atoms with Crippen molar-refractivity contribution in [2.24, 2.45) is 5.11 Å². The van der Waals surface area contributed by atoms with E-state index in [9.17, 15) is 4.79 Å². The first-order valence-corrected chi connectivity index (χ1v) is 11.4. The fourth-order valence-electron chi connectivity index (χ4n) is 2.40. The van der Waals surface area contributed by atoms with Gasteiger partial charge in [0.1, 0.15) is 5.60 Å². The predicted octanol–water partition coefficient (Wildman–Crippen LogP) is 4.70. The molecule has 138 valence electrons. The van der Waals surface area contributed by atoms with Crippen LogP contribution in [0, 0.1) is 0 Å². The first-order valence-electron chi connectivity index (χ1n) is 8.45. The third kappa shape index (κ3) is 5.68. The number of rotatable bonds is 4. The summed E-state index contributed by atoms with van der Waals surface area (Å²) in [6, 6.07) is -0.175. The molecule has 7 nitrogen and oxygen atoms in total. The molecule has 1 aliphatic heterocycles. The number of carbonyl (C=O) groups is 1. The van der Waals surface area contributed by atoms with Gasteiger partial charge in [0, 0.05) is 24.0 Å². The second kappa shape index (κ2) is 7.33. The van der Waals surface area contributed by atoms with Gasteiger partial charge in [0.2, 0.25) is 0 Å². The summed E-state index contributed by atoms with van der Waals surface area (Å²) in [6.07, 6.45) is 0.254. The number of hydrogen-bond donors (Lipinski definition) is 0. The lowest BCUT2D eigenvalue weighted by atomic mass is 10.2. The van der Waals surface area contributed by atoms with Crippen molar-refractivity contribution in [3.8, 4) is 0 Å². The molecular weight excluding hydrogens is 324 g/mol. The Morgan fingerprint density at radius 2 is 1.88 bits per heavy atom. The van der Waals surface area contributed by atoms with Crippen LogP contribution in [-0.2, 0) is 9.16 Å². The summed E-state index contributed by atoms with van der Waals surface area (Å²) in [5.74, 6) is 0. The smallest absolute Gasteiger partial charge is 0.410 e. The molecule has 2 atom stereocenters. The molecule has 0 saturated carbocycles. The molecule has 1 aliphatic rings. The van der Waals surface area contributed by atoms with Gasteiger partial charge in [0.25, 0.3) is 0 Å². The van der Waals surface area contributed by atoms with Gasteiger partial charge in [-0.3, -0.25) is 0 Å². The zero-order chi connectivity index (χ0) is 18.8. The van der Waals surface area contributed by atoms with Crippen molar-refractivity contribution in [2.75, 3.05) is 13.1 Å². The van der Waals surface area contributed by atoms with Gasteiger partial charge in [-0.2, -0.15) is 0 Å². The molecule has 0 radical (unpaired) electrons. The molecular formula is C16H32N4O3Si. The third-order valence-corrected chi connectivity index (χ3v) is 9.16. The Morgan fingerprint density at radius 3 is 2.33 bits per heavy atom. The number of likely N-dealkylation sites (tertiary alicyclic amines) is 1. The van der Waals surface area contributed by atoms with Crippen molar-refractivity contribution in [2.45, 2.75) is 83.8 Å². The number of nitrogens with zero attached hydrogens (tertiary/aromatic N) is 4. The molecule has 0 unspecified atom stereocenters. The van der Waals surface area contributed by atoms with Crippen LogP contribution in [0.15, 0.2) is 5.11 Å². The van der Waals surface area contributed by atoms with Crippen LogP contribution >= 0.6 is 0 Å². The van der Waals surface area contributed by atoms with E-state index in [-0.39, 0.29) is 29.8 Å². The fourth-order valence-corrected chi connectivity index (χ4v) is 3.76. The topological polar surface area (TPSA) is 87.5 Å². The average Bonchev–Trinajstić information content (AvgIpc) is 2.75. The lowest BCUT2D eigenvalue weighted by Gasteiger charge is -2.38. The van der Waals surface area contributed by atoms with Crippen LogP contribution < -0.4 is 0 Å². The lowest BCUT2D eigenvalue weighted by molar-refractivity contribution is 0.0216. The largest absolute Gasteiger partial charge is 0.444 e. The van der Waals surface area contributed by atoms with E-state index in [0.29, 0.717) is 13.0 Å². The highest BCUT2D eigenvalue weighted by Crippen LogP contribution is 2.39. The Labute approximate surface area is 146 Å². The minimum absolute atomic E-state index is 0.0442. The molecule has 1 heterocycles. The summed E-state index contributed by atoms with van der Waals surface area (Å²) >= 11 is 0. The van der Waals surface area contributed by atoms with Crippen molar-refractivity contribution in [1.82, 2.24) is 4.90 Å². The molecule has 0 aromatic heterocycles. The van der Waals surface area contributed by atoms with Gasteiger partial charge in [-0.15, -0.1) is 0 Å². The Balaban J connectivity index is 2.87. The van der Waals surface area contributed by atoms with E-state index in [1.54, 1.807) is 4.90 Å². The minimum atomic E-state index is -1.92. The second-order valence-corrected chi connectivity index (χ2v) is 13.7. The van der Waals surface area contributed by atoms with E-state index in [0.717, 1.165) is 0 Å². The van der Waals surface area contributed by atoms with Crippen LogP contribution in [0.2, 0.25) is 18.1 Å². The standard InChI is InChI=1S/C16H32N4O3Si/c1-15(2,3)22-14(21)20-11-13(9-12(20)10-18-19-17)23-24(7,8)16(4,5)6/h12-13H,9-11H2,1-8H3/t12-,13+/m0/s1. The lowest BCUT2D eigenvalue weighted by Crippen LogP contribution is -2.45. The molecule has 0 aliphatic carbocycles. The summed E-state index contributed by atoms with van der Waals surface area (Å²) in [5, 5.41) is 3.75. The summed E-state index contributed by atoms with van der Waals surface area (Å²) in [7, 11) is -1.92. The number of carbonyl (C=O) groups excluding carboxylic acids is 1. The fraction of sp³-hybridized carbons (Fsp3) is 0.938. The van der Waals surface area contributed by atoms with Crippen LogP contribution in [0.3, 0.4) is 0 Å². The summed E-state index contributed by atoms with van der Waals surface area (Å²) in [6.45, 7) is 17.2. The van der Waals surface area contributed by atoms with Crippen LogP contribution in [0.4, 0.5) is 4.79 Å². The van der Waals surface area contributed by atoms with E-state index in [4.69, 9.17) is 14.7 Å². The Hall–Kier alpha value is -1.24. The highest BCUT2D eigenvalue weighted by atomic mass is 28.4. The molecule has 24 heavy (non-hydrogen) atoms. The van der Waals surface area contributed by atoms with E-state index < -0.39 is 13.9 Å². The predicted molar refractivity (Wildman–Crippen MR) is 97.4 cm³/mol. The van der Waals surface area contributed by atoms with Gasteiger partial charge in [0.15, 0.2) is 8.32 Å². The molecule has 1 fully saturated rings. The molecule has 0 N–H and O–H groups in total. The van der Waals surface area contributed by atoms with Gasteiger partial charge in [0.05, 0.1) is 6.10 Å². The van der Waals surface area contributed by atoms with E-state index in [1.165, 1.54) is 0 Å². The van der Waals surface area contributed by atoms with Gasteiger partial charge in [-0.25, -0.2) is 4.79 Å². The second-order valence-electron chi connectivity index (χ2n) is 8.94. The normalized spacial score (nSPS) is 22.2. The number of hydrogen-bond acceptors (Lipinski definition) is 4. The quantitative estimate of drug-likeness (QED) is 0.316. The molecule has 1 saturated heterocycles. The van der Waals surface area contributed by atoms with Gasteiger partial charge in [-0.1, -0.05) is 25.9 Å². The molecule has 1 rings (SSSR count). The molecule has 8 heteroatoms. The first kappa shape index (κ1) is 20.8. The van der Waals surface area contributed by atoms with Gasteiger partial charge < -0.3 is 14.1 Å². The zero-order valence-electron chi connectivity index (χ0n) is 16.3. The highest BCUT2D eigenvalue weighted by molar-refractivity contribution is 6.74. The highest BCUT2D eigenvalue weighted by Gasteiger charge is 2.44. The van der Waals surface area contributed by atoms with Crippen molar-refractivity contribution in [1.29, 1.82) is 0 Å². The SMILES string of the molecule is CC(C)(C)OC(=O)N1C[C@H](O[Si](C)(C)C(C)(C)C)C[C@H]1CN=[N+]=[N-]. The number of azide groups is 1. The summed E-state index contributed by atoms with van der Waals surface area (Å²) < 4.78 is 11.9. The van der Waals surface area contributed by atoms with Crippen molar-refractivity contribution >= 4 is 14.4 Å². The van der Waals surface area contributed by atoms with E-state index in [1.807, 2.05) is 20.8 Å². The molecule has 0 aromatic rings. The summed E-state index contributed by atoms with van der Waals surface area (Å²) in [5.41, 5.74) is 8.04. The van der Waals surface area contributed by atoms with Crippen LogP contribution in [0.25, 0.3) is 10.4 Å². The Bertz CT molecular complexity index is 504. The van der Waals surface area contributed by atoms with Crippen LogP contribution in [0.1, 0.15) is 48.0 Å². The first-order chi connectivity index (χ1) is 10.8. The van der Waals surface area contributed by atoms with E-state index >= 15 is 0 Å². The average molecular weight is 357 g/mol. The molecule has 0 aromatic carbocycles. The maximum atomic E-state index is 12.5. The zero-order valence-corrected chi connectivity index (χ0v) is 17.3. The third-order valence-electron chi connectivity index (χ3n) is 4.63. The monoisotopic (exact) mass is 356 g/mol. The van der Waals surface area contributed by atoms with E-state index in [2.05, 4.69) is 43.9 Å². The maximum Gasteiger partial charge on any atom is 0.410 e. The van der Waals surface area contributed by atoms with Crippen LogP contribution in [-0.4, -0.2) is 50.1 Å². The maximum absolute atomic E-state index is 12.5. The van der Waals surface area contributed by atoms with Gasteiger partial charge in [-0.05, 0) is 50.9 Å². The van der Waals surface area contributed by atoms with Crippen molar-refractivity contribution < 1.29 is 14.0 Å². The minimum Gasteiger partial charge on any atom is -0.444 e.